The molecule has 0 amide bonds. The quantitative estimate of drug-likeness (QED) is 0.334. The number of hydrogen-bond donors (Lipinski definition) is 1. The fourth-order valence-corrected chi connectivity index (χ4v) is 5.09. The summed E-state index contributed by atoms with van der Waals surface area (Å²) in [5.41, 5.74) is 11.6. The van der Waals surface area contributed by atoms with E-state index in [-0.39, 0.29) is 6.04 Å². The van der Waals surface area contributed by atoms with Gasteiger partial charge in [0.15, 0.2) is 0 Å². The number of nitrogens with one attached hydrogen (secondary N) is 1. The standard InChI is InChI=1S/C35H45N/c1-8-29(23-25(3)4)24-30(9-2)27(6)36-28(7)31-19-21-34(22-20-31)35(32-13-11-10-12-14-32)33-17-15-26(5)16-18-33/h8-9,15-22,24-25,28,36H,2,6,10-14,23H2,1,3-5,7H3/b29-8-,30-24+. The lowest BCUT2D eigenvalue weighted by Gasteiger charge is -2.22. The Morgan fingerprint density at radius 3 is 2.03 bits per heavy atom. The average molecular weight is 480 g/mol. The first-order valence-corrected chi connectivity index (χ1v) is 13.7. The summed E-state index contributed by atoms with van der Waals surface area (Å²) in [6.45, 7) is 19.3. The molecule has 0 bridgehead atoms. The molecule has 1 fully saturated rings. The van der Waals surface area contributed by atoms with Gasteiger partial charge in [-0.3, -0.25) is 0 Å². The molecular formula is C35H45N. The van der Waals surface area contributed by atoms with E-state index in [9.17, 15) is 0 Å². The largest absolute Gasteiger partial charge is 0.379 e. The molecule has 2 aromatic rings. The molecule has 0 saturated heterocycles. The van der Waals surface area contributed by atoms with Crippen LogP contribution in [-0.4, -0.2) is 0 Å². The molecule has 1 N–H and O–H groups in total. The monoisotopic (exact) mass is 479 g/mol. The number of allylic oxidation sites excluding steroid dienone is 5. The topological polar surface area (TPSA) is 12.0 Å². The summed E-state index contributed by atoms with van der Waals surface area (Å²) in [4.78, 5) is 0. The van der Waals surface area contributed by atoms with Crippen molar-refractivity contribution in [2.75, 3.05) is 0 Å². The normalized spacial score (nSPS) is 15.6. The average Bonchev–Trinajstić information content (AvgIpc) is 2.88. The van der Waals surface area contributed by atoms with Crippen molar-refractivity contribution in [3.8, 4) is 0 Å². The lowest BCUT2D eigenvalue weighted by atomic mass is 9.84. The summed E-state index contributed by atoms with van der Waals surface area (Å²) in [6.07, 6.45) is 13.7. The lowest BCUT2D eigenvalue weighted by Crippen LogP contribution is -2.18. The molecule has 1 atom stereocenters. The highest BCUT2D eigenvalue weighted by Gasteiger charge is 2.16. The van der Waals surface area contributed by atoms with Gasteiger partial charge in [0.1, 0.15) is 0 Å². The molecule has 0 aliphatic heterocycles. The third kappa shape index (κ3) is 7.47. The Kier molecular flexibility index (Phi) is 10.2. The maximum Gasteiger partial charge on any atom is 0.0485 e. The van der Waals surface area contributed by atoms with Crippen LogP contribution in [0.1, 0.15) is 94.5 Å². The molecular weight excluding hydrogens is 434 g/mol. The van der Waals surface area contributed by atoms with Crippen molar-refractivity contribution >= 4 is 5.57 Å². The van der Waals surface area contributed by atoms with E-state index in [4.69, 9.17) is 0 Å². The van der Waals surface area contributed by atoms with Crippen LogP contribution in [0.4, 0.5) is 0 Å². The summed E-state index contributed by atoms with van der Waals surface area (Å²) < 4.78 is 0. The predicted octanol–water partition coefficient (Wildman–Crippen LogP) is 10.0. The van der Waals surface area contributed by atoms with E-state index in [0.717, 1.165) is 17.7 Å². The smallest absolute Gasteiger partial charge is 0.0485 e. The number of benzene rings is 2. The van der Waals surface area contributed by atoms with Crippen molar-refractivity contribution < 1.29 is 0 Å². The Balaban J connectivity index is 1.81. The van der Waals surface area contributed by atoms with Gasteiger partial charge in [0.2, 0.25) is 0 Å². The molecule has 0 spiro atoms. The van der Waals surface area contributed by atoms with Crippen molar-refractivity contribution in [3.63, 3.8) is 0 Å². The number of hydrogen-bond acceptors (Lipinski definition) is 1. The summed E-state index contributed by atoms with van der Waals surface area (Å²) >= 11 is 0. The van der Waals surface area contributed by atoms with E-state index >= 15 is 0 Å². The van der Waals surface area contributed by atoms with Crippen LogP contribution in [0.5, 0.6) is 0 Å². The molecule has 0 heterocycles. The van der Waals surface area contributed by atoms with Gasteiger partial charge >= 0.3 is 0 Å². The maximum absolute atomic E-state index is 4.33. The summed E-state index contributed by atoms with van der Waals surface area (Å²) in [5, 5.41) is 3.61. The van der Waals surface area contributed by atoms with Gasteiger partial charge in [0.25, 0.3) is 0 Å². The fourth-order valence-electron chi connectivity index (χ4n) is 5.09. The highest BCUT2D eigenvalue weighted by atomic mass is 14.9. The van der Waals surface area contributed by atoms with Crippen molar-refractivity contribution in [3.05, 3.63) is 125 Å². The van der Waals surface area contributed by atoms with Crippen molar-refractivity contribution in [2.24, 2.45) is 5.92 Å². The van der Waals surface area contributed by atoms with Crippen LogP contribution in [0.3, 0.4) is 0 Å². The minimum atomic E-state index is 0.152. The third-order valence-corrected chi connectivity index (χ3v) is 7.17. The molecule has 1 unspecified atom stereocenters. The first-order valence-electron chi connectivity index (χ1n) is 13.7. The minimum absolute atomic E-state index is 0.152. The highest BCUT2D eigenvalue weighted by Crippen LogP contribution is 2.35. The highest BCUT2D eigenvalue weighted by molar-refractivity contribution is 5.82. The van der Waals surface area contributed by atoms with Crippen LogP contribution in [-0.2, 0) is 0 Å². The van der Waals surface area contributed by atoms with E-state index in [1.54, 1.807) is 5.57 Å². The molecule has 1 heteroatoms. The van der Waals surface area contributed by atoms with Crippen molar-refractivity contribution in [2.45, 2.75) is 79.2 Å². The summed E-state index contributed by atoms with van der Waals surface area (Å²) in [7, 11) is 0. The number of aryl methyl sites for hydroxylation is 1. The van der Waals surface area contributed by atoms with Crippen molar-refractivity contribution in [1.29, 1.82) is 0 Å². The van der Waals surface area contributed by atoms with Crippen LogP contribution in [0.2, 0.25) is 0 Å². The molecule has 3 rings (SSSR count). The Bertz CT molecular complexity index is 1110. The molecule has 1 saturated carbocycles. The van der Waals surface area contributed by atoms with Gasteiger partial charge in [-0.05, 0) is 86.6 Å². The van der Waals surface area contributed by atoms with Gasteiger partial charge in [-0.25, -0.2) is 0 Å². The maximum atomic E-state index is 4.33. The zero-order valence-electron chi connectivity index (χ0n) is 23.2. The first-order chi connectivity index (χ1) is 17.3. The van der Waals surface area contributed by atoms with Gasteiger partial charge in [-0.1, -0.05) is 117 Å². The van der Waals surface area contributed by atoms with Crippen LogP contribution in [0.25, 0.3) is 5.57 Å². The van der Waals surface area contributed by atoms with Gasteiger partial charge in [-0.2, -0.15) is 0 Å². The summed E-state index contributed by atoms with van der Waals surface area (Å²) in [5.74, 6) is 0.616. The fraction of sp³-hybridized carbons (Fsp3) is 0.371. The predicted molar refractivity (Wildman–Crippen MR) is 159 cm³/mol. The Morgan fingerprint density at radius 2 is 1.50 bits per heavy atom. The molecule has 36 heavy (non-hydrogen) atoms. The number of rotatable bonds is 10. The summed E-state index contributed by atoms with van der Waals surface area (Å²) in [6, 6.07) is 18.3. The van der Waals surface area contributed by atoms with E-state index in [2.05, 4.69) is 114 Å². The third-order valence-electron chi connectivity index (χ3n) is 7.17. The molecule has 0 radical (unpaired) electrons. The van der Waals surface area contributed by atoms with E-state index in [0.29, 0.717) is 5.92 Å². The minimum Gasteiger partial charge on any atom is -0.379 e. The zero-order chi connectivity index (χ0) is 26.1. The Labute approximate surface area is 220 Å². The zero-order valence-corrected chi connectivity index (χ0v) is 23.2. The molecule has 2 aromatic carbocycles. The SMILES string of the molecule is C=C/C(=C\C(=C/C)CC(C)C)C(=C)NC(C)c1ccc(C(=C2CCCCC2)c2ccc(C)cc2)cc1. The Morgan fingerprint density at radius 1 is 0.917 bits per heavy atom. The Hall–Kier alpha value is -3.06. The van der Waals surface area contributed by atoms with E-state index < -0.39 is 0 Å². The van der Waals surface area contributed by atoms with Crippen LogP contribution < -0.4 is 5.32 Å². The first kappa shape index (κ1) is 27.5. The second-order valence-corrected chi connectivity index (χ2v) is 10.6. The molecule has 190 valence electrons. The van der Waals surface area contributed by atoms with Crippen LogP contribution in [0.15, 0.2) is 102 Å². The molecule has 0 aromatic heterocycles. The van der Waals surface area contributed by atoms with Gasteiger partial charge in [-0.15, -0.1) is 0 Å². The molecule has 1 aliphatic carbocycles. The molecule has 1 aliphatic rings. The van der Waals surface area contributed by atoms with Crippen molar-refractivity contribution in [1.82, 2.24) is 5.32 Å². The van der Waals surface area contributed by atoms with Crippen LogP contribution in [0, 0.1) is 12.8 Å². The van der Waals surface area contributed by atoms with Gasteiger partial charge in [0.05, 0.1) is 0 Å². The van der Waals surface area contributed by atoms with Gasteiger partial charge in [0, 0.05) is 11.7 Å². The molecule has 1 nitrogen and oxygen atoms in total. The van der Waals surface area contributed by atoms with E-state index in [1.165, 1.54) is 65.5 Å². The lowest BCUT2D eigenvalue weighted by molar-refractivity contribution is 0.601. The van der Waals surface area contributed by atoms with Gasteiger partial charge < -0.3 is 5.32 Å². The second-order valence-electron chi connectivity index (χ2n) is 10.6. The van der Waals surface area contributed by atoms with E-state index in [1.807, 2.05) is 6.08 Å². The van der Waals surface area contributed by atoms with Crippen LogP contribution >= 0.6 is 0 Å². The second kappa shape index (κ2) is 13.3.